The molecule has 1 heterocycles. The van der Waals surface area contributed by atoms with E-state index in [0.717, 1.165) is 11.6 Å². The van der Waals surface area contributed by atoms with Gasteiger partial charge in [0.2, 0.25) is 0 Å². The van der Waals surface area contributed by atoms with Crippen molar-refractivity contribution >= 4 is 23.0 Å². The Balaban J connectivity index is 2.33. The maximum Gasteiger partial charge on any atom is 0.295 e. The first kappa shape index (κ1) is 14.2. The van der Waals surface area contributed by atoms with Crippen LogP contribution in [0.25, 0.3) is 0 Å². The van der Waals surface area contributed by atoms with Gasteiger partial charge in [-0.15, -0.1) is 0 Å². The molecule has 0 radical (unpaired) electrons. The summed E-state index contributed by atoms with van der Waals surface area (Å²) in [5.41, 5.74) is 0.716. The Morgan fingerprint density at radius 1 is 1.40 bits per heavy atom. The first-order valence-corrected chi connectivity index (χ1v) is 6.16. The molecule has 0 aliphatic rings. The lowest BCUT2D eigenvalue weighted by Gasteiger charge is -2.15. The van der Waals surface area contributed by atoms with Crippen LogP contribution in [0.2, 0.25) is 5.02 Å². The summed E-state index contributed by atoms with van der Waals surface area (Å²) >= 11 is 5.67. The van der Waals surface area contributed by atoms with Gasteiger partial charge in [0.15, 0.2) is 0 Å². The van der Waals surface area contributed by atoms with Crippen LogP contribution < -0.4 is 5.32 Å². The van der Waals surface area contributed by atoms with Crippen molar-refractivity contribution < 1.29 is 9.31 Å². The number of hydrogen-bond donors (Lipinski definition) is 1. The third-order valence-corrected chi connectivity index (χ3v) is 3.10. The van der Waals surface area contributed by atoms with Gasteiger partial charge in [-0.3, -0.25) is 15.1 Å². The topological polar surface area (TPSA) is 68.1 Å². The number of aromatic nitrogens is 1. The van der Waals surface area contributed by atoms with Crippen molar-refractivity contribution in [3.8, 4) is 0 Å². The lowest BCUT2D eigenvalue weighted by Crippen LogP contribution is -2.08. The van der Waals surface area contributed by atoms with Crippen molar-refractivity contribution in [2.45, 2.75) is 13.0 Å². The van der Waals surface area contributed by atoms with Crippen LogP contribution in [0.4, 0.5) is 15.8 Å². The zero-order chi connectivity index (χ0) is 14.7. The van der Waals surface area contributed by atoms with E-state index >= 15 is 0 Å². The highest BCUT2D eigenvalue weighted by atomic mass is 35.5. The zero-order valence-corrected chi connectivity index (χ0v) is 11.3. The number of rotatable bonds is 4. The molecule has 0 saturated heterocycles. The minimum absolute atomic E-state index is 0.167. The molecular formula is C13H11ClFN3O2. The average molecular weight is 296 g/mol. The highest BCUT2D eigenvalue weighted by Crippen LogP contribution is 2.32. The normalized spacial score (nSPS) is 11.9. The molecule has 1 N–H and O–H groups in total. The van der Waals surface area contributed by atoms with E-state index in [1.165, 1.54) is 6.07 Å². The average Bonchev–Trinajstić information content (AvgIpc) is 2.43. The summed E-state index contributed by atoms with van der Waals surface area (Å²) in [6.45, 7) is 1.83. The Morgan fingerprint density at radius 2 is 2.05 bits per heavy atom. The minimum Gasteiger partial charge on any atom is -0.373 e. The third kappa shape index (κ3) is 3.03. The maximum absolute atomic E-state index is 13.3. The molecule has 5 nitrogen and oxygen atoms in total. The number of nitrogens with zero attached hydrogens (tertiary/aromatic N) is 2. The van der Waals surface area contributed by atoms with Crippen LogP contribution in [-0.2, 0) is 0 Å². The number of anilines is 1. The quantitative estimate of drug-likeness (QED) is 0.685. The van der Waals surface area contributed by atoms with Crippen LogP contribution in [0.5, 0.6) is 0 Å². The molecule has 1 atom stereocenters. The summed E-state index contributed by atoms with van der Waals surface area (Å²) in [6.07, 6.45) is 3.25. The fraction of sp³-hybridized carbons (Fsp3) is 0.154. The molecule has 0 aliphatic heterocycles. The monoisotopic (exact) mass is 295 g/mol. The van der Waals surface area contributed by atoms with Crippen LogP contribution >= 0.6 is 11.6 Å². The summed E-state index contributed by atoms with van der Waals surface area (Å²) in [5, 5.41) is 13.7. The predicted molar refractivity (Wildman–Crippen MR) is 74.3 cm³/mol. The second kappa shape index (κ2) is 5.83. The van der Waals surface area contributed by atoms with Gasteiger partial charge in [0.1, 0.15) is 11.5 Å². The second-order valence-electron chi connectivity index (χ2n) is 4.19. The van der Waals surface area contributed by atoms with Crippen molar-refractivity contribution in [2.24, 2.45) is 0 Å². The predicted octanol–water partition coefficient (Wildman–Crippen LogP) is 3.96. The molecule has 0 saturated carbocycles. The van der Waals surface area contributed by atoms with Crippen LogP contribution in [0, 0.1) is 15.9 Å². The van der Waals surface area contributed by atoms with Crippen molar-refractivity contribution in [1.82, 2.24) is 4.98 Å². The first-order valence-electron chi connectivity index (χ1n) is 5.79. The van der Waals surface area contributed by atoms with Gasteiger partial charge in [-0.1, -0.05) is 11.6 Å². The molecule has 0 fully saturated rings. The van der Waals surface area contributed by atoms with Crippen molar-refractivity contribution in [3.63, 3.8) is 0 Å². The molecule has 2 rings (SSSR count). The van der Waals surface area contributed by atoms with Gasteiger partial charge in [-0.25, -0.2) is 4.39 Å². The minimum atomic E-state index is -0.819. The number of nitro benzene ring substituents is 1. The van der Waals surface area contributed by atoms with Crippen LogP contribution in [-0.4, -0.2) is 9.91 Å². The Kier molecular flexibility index (Phi) is 4.14. The molecule has 20 heavy (non-hydrogen) atoms. The molecular weight excluding hydrogens is 285 g/mol. The Labute approximate surface area is 119 Å². The van der Waals surface area contributed by atoms with Gasteiger partial charge in [0.05, 0.1) is 16.0 Å². The van der Waals surface area contributed by atoms with Crippen molar-refractivity contribution in [1.29, 1.82) is 0 Å². The summed E-state index contributed by atoms with van der Waals surface area (Å²) in [5.74, 6) is -0.819. The van der Waals surface area contributed by atoms with E-state index in [9.17, 15) is 14.5 Å². The van der Waals surface area contributed by atoms with Gasteiger partial charge >= 0.3 is 0 Å². The SMILES string of the molecule is CC(Nc1cc(Cl)c(F)cc1[N+](=O)[O-])c1ccncc1. The van der Waals surface area contributed by atoms with Gasteiger partial charge in [0, 0.05) is 18.4 Å². The second-order valence-corrected chi connectivity index (χ2v) is 4.59. The zero-order valence-electron chi connectivity index (χ0n) is 10.5. The maximum atomic E-state index is 13.3. The van der Waals surface area contributed by atoms with Crippen LogP contribution in [0.1, 0.15) is 18.5 Å². The van der Waals surface area contributed by atoms with Gasteiger partial charge < -0.3 is 5.32 Å². The summed E-state index contributed by atoms with van der Waals surface area (Å²) in [6, 6.07) is 5.39. The number of halogens is 2. The third-order valence-electron chi connectivity index (χ3n) is 2.81. The van der Waals surface area contributed by atoms with E-state index in [1.807, 2.05) is 6.92 Å². The van der Waals surface area contributed by atoms with E-state index in [1.54, 1.807) is 24.5 Å². The fourth-order valence-electron chi connectivity index (χ4n) is 1.77. The van der Waals surface area contributed by atoms with E-state index in [2.05, 4.69) is 10.3 Å². The van der Waals surface area contributed by atoms with Gasteiger partial charge in [0.25, 0.3) is 5.69 Å². The van der Waals surface area contributed by atoms with Crippen LogP contribution in [0.3, 0.4) is 0 Å². The number of benzene rings is 1. The Hall–Kier alpha value is -2.21. The number of nitrogens with one attached hydrogen (secondary N) is 1. The lowest BCUT2D eigenvalue weighted by molar-refractivity contribution is -0.384. The van der Waals surface area contributed by atoms with Crippen molar-refractivity contribution in [2.75, 3.05) is 5.32 Å². The van der Waals surface area contributed by atoms with Gasteiger partial charge in [-0.2, -0.15) is 0 Å². The number of nitro groups is 1. The molecule has 1 aromatic carbocycles. The molecule has 0 spiro atoms. The van der Waals surface area contributed by atoms with Crippen LogP contribution in [0.15, 0.2) is 36.7 Å². The molecule has 104 valence electrons. The van der Waals surface area contributed by atoms with E-state index in [4.69, 9.17) is 11.6 Å². The molecule has 0 bridgehead atoms. The van der Waals surface area contributed by atoms with Crippen molar-refractivity contribution in [3.05, 3.63) is 63.2 Å². The first-order chi connectivity index (χ1) is 9.49. The number of pyridine rings is 1. The molecule has 0 aliphatic carbocycles. The lowest BCUT2D eigenvalue weighted by atomic mass is 10.1. The van der Waals surface area contributed by atoms with E-state index in [0.29, 0.717) is 0 Å². The van der Waals surface area contributed by atoms with E-state index in [-0.39, 0.29) is 22.4 Å². The molecule has 2 aromatic rings. The standard InChI is InChI=1S/C13H11ClFN3O2/c1-8(9-2-4-16-5-3-9)17-12-6-10(14)11(15)7-13(12)18(19)20/h2-8,17H,1H3. The molecule has 0 amide bonds. The summed E-state index contributed by atoms with van der Waals surface area (Å²) < 4.78 is 13.3. The largest absolute Gasteiger partial charge is 0.373 e. The summed E-state index contributed by atoms with van der Waals surface area (Å²) in [7, 11) is 0. The number of hydrogen-bond acceptors (Lipinski definition) is 4. The van der Waals surface area contributed by atoms with E-state index < -0.39 is 10.7 Å². The molecule has 1 aromatic heterocycles. The smallest absolute Gasteiger partial charge is 0.295 e. The highest BCUT2D eigenvalue weighted by Gasteiger charge is 2.19. The fourth-order valence-corrected chi connectivity index (χ4v) is 1.94. The molecule has 7 heteroatoms. The Bertz CT molecular complexity index is 637. The molecule has 1 unspecified atom stereocenters. The summed E-state index contributed by atoms with van der Waals surface area (Å²) in [4.78, 5) is 14.2. The highest BCUT2D eigenvalue weighted by molar-refractivity contribution is 6.31. The van der Waals surface area contributed by atoms with Gasteiger partial charge in [-0.05, 0) is 30.7 Å². The Morgan fingerprint density at radius 3 is 2.65 bits per heavy atom.